The minimum Gasteiger partial charge on any atom is -0.494 e. The Balaban J connectivity index is 1.22. The lowest BCUT2D eigenvalue weighted by Gasteiger charge is -2.33. The molecule has 0 bridgehead atoms. The second-order valence-corrected chi connectivity index (χ2v) is 9.48. The van der Waals surface area contributed by atoms with E-state index in [4.69, 9.17) is 4.74 Å². The molecule has 5 rings (SSSR count). The molecule has 0 aliphatic carbocycles. The molecule has 2 aliphatic rings. The molecule has 1 fully saturated rings. The second kappa shape index (κ2) is 9.98. The highest BCUT2D eigenvalue weighted by Gasteiger charge is 2.29. The summed E-state index contributed by atoms with van der Waals surface area (Å²) in [5, 5.41) is 1.99. The largest absolute Gasteiger partial charge is 0.494 e. The maximum absolute atomic E-state index is 13.1. The molecule has 0 aromatic heterocycles. The fourth-order valence-corrected chi connectivity index (χ4v) is 5.17. The Morgan fingerprint density at radius 3 is 2.71 bits per heavy atom. The molecule has 2 amide bonds. The van der Waals surface area contributed by atoms with Gasteiger partial charge in [0, 0.05) is 30.3 Å². The van der Waals surface area contributed by atoms with E-state index in [1.165, 1.54) is 30.7 Å². The van der Waals surface area contributed by atoms with Crippen LogP contribution in [0, 0.1) is 0 Å². The third kappa shape index (κ3) is 4.71. The summed E-state index contributed by atoms with van der Waals surface area (Å²) in [7, 11) is 0. The lowest BCUT2D eigenvalue weighted by molar-refractivity contribution is 0.0605. The van der Waals surface area contributed by atoms with Crippen LogP contribution in [0.15, 0.2) is 60.7 Å². The van der Waals surface area contributed by atoms with Gasteiger partial charge in [0.05, 0.1) is 6.61 Å². The van der Waals surface area contributed by atoms with Crippen LogP contribution in [0.2, 0.25) is 0 Å². The van der Waals surface area contributed by atoms with Gasteiger partial charge in [-0.05, 0) is 85.8 Å². The van der Waals surface area contributed by atoms with Gasteiger partial charge in [-0.25, -0.2) is 0 Å². The molecule has 1 unspecified atom stereocenters. The minimum atomic E-state index is -0.242. The van der Waals surface area contributed by atoms with Crippen molar-refractivity contribution < 1.29 is 14.3 Å². The Labute approximate surface area is 201 Å². The number of fused-ring (bicyclic) bond motifs is 2. The van der Waals surface area contributed by atoms with E-state index in [1.54, 1.807) is 12.1 Å². The molecular weight excluding hydrogens is 424 g/mol. The number of benzene rings is 3. The molecule has 0 spiro atoms. The van der Waals surface area contributed by atoms with E-state index in [0.29, 0.717) is 36.7 Å². The van der Waals surface area contributed by atoms with Crippen LogP contribution in [0.5, 0.6) is 5.75 Å². The number of hydrogen-bond acceptors (Lipinski definition) is 4. The summed E-state index contributed by atoms with van der Waals surface area (Å²) in [4.78, 5) is 29.9. The number of ether oxygens (including phenoxy) is 1. The van der Waals surface area contributed by atoms with Crippen molar-refractivity contribution in [2.45, 2.75) is 45.1 Å². The zero-order valence-electron chi connectivity index (χ0n) is 19.8. The van der Waals surface area contributed by atoms with E-state index in [-0.39, 0.29) is 11.8 Å². The normalized spacial score (nSPS) is 18.7. The molecule has 34 heavy (non-hydrogen) atoms. The Morgan fingerprint density at radius 2 is 1.82 bits per heavy atom. The van der Waals surface area contributed by atoms with Gasteiger partial charge in [0.15, 0.2) is 0 Å². The van der Waals surface area contributed by atoms with Gasteiger partial charge in [-0.1, -0.05) is 36.8 Å². The van der Waals surface area contributed by atoms with Crippen molar-refractivity contribution in [1.82, 2.24) is 9.80 Å². The molecule has 1 atom stereocenters. The lowest BCUT2D eigenvalue weighted by atomic mass is 9.98. The van der Waals surface area contributed by atoms with Crippen LogP contribution in [0.3, 0.4) is 0 Å². The molecule has 2 heterocycles. The third-order valence-corrected chi connectivity index (χ3v) is 7.20. The van der Waals surface area contributed by atoms with Crippen LogP contribution >= 0.6 is 0 Å². The fourth-order valence-electron chi connectivity index (χ4n) is 5.17. The smallest absolute Gasteiger partial charge is 0.261 e. The maximum atomic E-state index is 13.1. The van der Waals surface area contributed by atoms with Crippen molar-refractivity contribution in [2.24, 2.45) is 0 Å². The highest BCUT2D eigenvalue weighted by Crippen LogP contribution is 2.25. The molecular formula is C29H32N2O3. The Kier molecular flexibility index (Phi) is 6.63. The summed E-state index contributed by atoms with van der Waals surface area (Å²) < 4.78 is 6.01. The van der Waals surface area contributed by atoms with Gasteiger partial charge in [-0.15, -0.1) is 0 Å². The number of likely N-dealkylation sites (tertiary alicyclic amines) is 1. The number of carbonyl (C=O) groups excluding carboxylic acids is 2. The molecule has 3 aromatic carbocycles. The molecule has 5 heteroatoms. The number of imide groups is 1. The number of hydrogen-bond donors (Lipinski definition) is 0. The predicted octanol–water partition coefficient (Wildman–Crippen LogP) is 5.32. The SMILES string of the molecule is CC1CCCCN1CCCOc1ccc2cc(C(=O)N3CCc4ccccc4C3=O)ccc2c1. The van der Waals surface area contributed by atoms with Gasteiger partial charge in [-0.2, -0.15) is 0 Å². The van der Waals surface area contributed by atoms with Gasteiger partial charge in [0.2, 0.25) is 0 Å². The molecule has 5 nitrogen and oxygen atoms in total. The van der Waals surface area contributed by atoms with Gasteiger partial charge >= 0.3 is 0 Å². The van der Waals surface area contributed by atoms with E-state index in [2.05, 4.69) is 11.8 Å². The zero-order chi connectivity index (χ0) is 23.5. The molecule has 3 aromatic rings. The van der Waals surface area contributed by atoms with Gasteiger partial charge in [0.25, 0.3) is 11.8 Å². The molecule has 0 radical (unpaired) electrons. The van der Waals surface area contributed by atoms with Crippen molar-refractivity contribution in [3.8, 4) is 5.75 Å². The third-order valence-electron chi connectivity index (χ3n) is 7.20. The van der Waals surface area contributed by atoms with Crippen LogP contribution in [0.1, 0.15) is 58.9 Å². The van der Waals surface area contributed by atoms with Crippen molar-refractivity contribution in [1.29, 1.82) is 0 Å². The highest BCUT2D eigenvalue weighted by molar-refractivity contribution is 6.12. The summed E-state index contributed by atoms with van der Waals surface area (Å²) in [6.07, 6.45) is 5.66. The van der Waals surface area contributed by atoms with Gasteiger partial charge < -0.3 is 9.64 Å². The van der Waals surface area contributed by atoms with E-state index in [9.17, 15) is 9.59 Å². The van der Waals surface area contributed by atoms with Crippen LogP contribution < -0.4 is 4.74 Å². The van der Waals surface area contributed by atoms with Crippen molar-refractivity contribution in [2.75, 3.05) is 26.2 Å². The Morgan fingerprint density at radius 1 is 1.00 bits per heavy atom. The first kappa shape index (κ1) is 22.6. The van der Waals surface area contributed by atoms with Crippen LogP contribution in [0.4, 0.5) is 0 Å². The number of nitrogens with zero attached hydrogens (tertiary/aromatic N) is 2. The van der Waals surface area contributed by atoms with Crippen LogP contribution in [0.25, 0.3) is 10.8 Å². The minimum absolute atomic E-state index is 0.213. The van der Waals surface area contributed by atoms with E-state index >= 15 is 0 Å². The molecule has 176 valence electrons. The summed E-state index contributed by atoms with van der Waals surface area (Å²) in [6.45, 7) is 5.72. The van der Waals surface area contributed by atoms with E-state index in [1.807, 2.05) is 48.5 Å². The topological polar surface area (TPSA) is 49.9 Å². The molecule has 0 N–H and O–H groups in total. The number of rotatable bonds is 6. The predicted molar refractivity (Wildman–Crippen MR) is 134 cm³/mol. The summed E-state index contributed by atoms with van der Waals surface area (Å²) in [5.41, 5.74) is 2.16. The van der Waals surface area contributed by atoms with Crippen LogP contribution in [-0.4, -0.2) is 53.9 Å². The Bertz CT molecular complexity index is 1200. The monoisotopic (exact) mass is 456 g/mol. The summed E-state index contributed by atoms with van der Waals surface area (Å²) in [5.74, 6) is 0.393. The average Bonchev–Trinajstić information content (AvgIpc) is 2.87. The summed E-state index contributed by atoms with van der Waals surface area (Å²) >= 11 is 0. The number of amides is 2. The second-order valence-electron chi connectivity index (χ2n) is 9.48. The number of piperidine rings is 1. The first-order chi connectivity index (χ1) is 16.6. The van der Waals surface area contributed by atoms with Gasteiger partial charge in [-0.3, -0.25) is 14.5 Å². The fraction of sp³-hybridized carbons (Fsp3) is 0.379. The van der Waals surface area contributed by atoms with E-state index in [0.717, 1.165) is 35.1 Å². The first-order valence-electron chi connectivity index (χ1n) is 12.4. The zero-order valence-corrected chi connectivity index (χ0v) is 19.8. The molecule has 2 aliphatic heterocycles. The van der Waals surface area contributed by atoms with E-state index < -0.39 is 0 Å². The first-order valence-corrected chi connectivity index (χ1v) is 12.4. The van der Waals surface area contributed by atoms with Crippen molar-refractivity contribution >= 4 is 22.6 Å². The number of carbonyl (C=O) groups is 2. The lowest BCUT2D eigenvalue weighted by Crippen LogP contribution is -2.42. The standard InChI is InChI=1S/C29H32N2O3/c1-21-7-4-5-15-30(21)16-6-18-34-26-13-12-23-19-25(11-10-24(23)20-26)28(32)31-17-14-22-8-2-3-9-27(22)29(31)33/h2-3,8-13,19-21H,4-7,14-18H2,1H3. The average molecular weight is 457 g/mol. The quantitative estimate of drug-likeness (QED) is 0.372. The van der Waals surface area contributed by atoms with Crippen molar-refractivity contribution in [3.05, 3.63) is 77.4 Å². The molecule has 0 saturated carbocycles. The summed E-state index contributed by atoms with van der Waals surface area (Å²) in [6, 6.07) is 19.8. The maximum Gasteiger partial charge on any atom is 0.261 e. The molecule has 1 saturated heterocycles. The Hall–Kier alpha value is -3.18. The van der Waals surface area contributed by atoms with Crippen molar-refractivity contribution in [3.63, 3.8) is 0 Å². The van der Waals surface area contributed by atoms with Crippen LogP contribution in [-0.2, 0) is 6.42 Å². The van der Waals surface area contributed by atoms with Gasteiger partial charge in [0.1, 0.15) is 5.75 Å². The highest BCUT2D eigenvalue weighted by atomic mass is 16.5.